The summed E-state index contributed by atoms with van der Waals surface area (Å²) in [5, 5.41) is 10.8. The van der Waals surface area contributed by atoms with E-state index in [0.717, 1.165) is 27.3 Å². The summed E-state index contributed by atoms with van der Waals surface area (Å²) < 4.78 is 2.01. The first-order valence-electron chi connectivity index (χ1n) is 8.37. The van der Waals surface area contributed by atoms with Crippen LogP contribution in [0.25, 0.3) is 16.6 Å². The summed E-state index contributed by atoms with van der Waals surface area (Å²) in [7, 11) is 0. The summed E-state index contributed by atoms with van der Waals surface area (Å²) in [6.07, 6.45) is 3.80. The van der Waals surface area contributed by atoms with E-state index in [1.165, 1.54) is 10.5 Å². The van der Waals surface area contributed by atoms with Crippen molar-refractivity contribution in [3.8, 4) is 5.69 Å². The number of halogens is 1. The van der Waals surface area contributed by atoms with Crippen LogP contribution in [0.3, 0.4) is 0 Å². The van der Waals surface area contributed by atoms with E-state index in [1.54, 1.807) is 29.9 Å². The van der Waals surface area contributed by atoms with Crippen LogP contribution >= 0.6 is 35.1 Å². The molecule has 4 aromatic rings. The molecular weight excluding hydrogens is 396 g/mol. The predicted octanol–water partition coefficient (Wildman–Crippen LogP) is 5.79. The molecule has 0 amide bonds. The number of hydrogen-bond donors (Lipinski definition) is 0. The minimum atomic E-state index is 0.537. The Morgan fingerprint density at radius 3 is 2.78 bits per heavy atom. The second-order valence-corrected chi connectivity index (χ2v) is 8.24. The summed E-state index contributed by atoms with van der Waals surface area (Å²) >= 11 is 9.75. The molecule has 0 bridgehead atoms. The topological polar surface area (TPSA) is 43.6 Å². The Labute approximate surface area is 171 Å². The Bertz CT molecular complexity index is 1110. The van der Waals surface area contributed by atoms with E-state index in [1.807, 2.05) is 16.7 Å². The molecule has 0 atom stereocenters. The Morgan fingerprint density at radius 1 is 1.11 bits per heavy atom. The van der Waals surface area contributed by atoms with Crippen LogP contribution in [-0.2, 0) is 5.75 Å². The maximum Gasteiger partial charge on any atom is 0.195 e. The van der Waals surface area contributed by atoms with Crippen LogP contribution in [0.2, 0.25) is 5.15 Å². The first-order valence-corrected chi connectivity index (χ1v) is 11.0. The Hall–Kier alpha value is -2.02. The second kappa shape index (κ2) is 7.92. The summed E-state index contributed by atoms with van der Waals surface area (Å²) in [4.78, 5) is 5.75. The van der Waals surface area contributed by atoms with Gasteiger partial charge in [0.15, 0.2) is 5.16 Å². The highest BCUT2D eigenvalue weighted by Gasteiger charge is 2.12. The third-order valence-corrected chi connectivity index (χ3v) is 6.34. The highest BCUT2D eigenvalue weighted by molar-refractivity contribution is 7.98. The van der Waals surface area contributed by atoms with Crippen molar-refractivity contribution in [2.75, 3.05) is 6.26 Å². The van der Waals surface area contributed by atoms with Crippen molar-refractivity contribution in [3.63, 3.8) is 0 Å². The molecule has 4 nitrogen and oxygen atoms in total. The van der Waals surface area contributed by atoms with Crippen LogP contribution in [-0.4, -0.2) is 26.0 Å². The van der Waals surface area contributed by atoms with E-state index in [9.17, 15) is 0 Å². The van der Waals surface area contributed by atoms with E-state index in [0.29, 0.717) is 10.9 Å². The van der Waals surface area contributed by atoms with Gasteiger partial charge in [-0.1, -0.05) is 47.6 Å². The minimum absolute atomic E-state index is 0.537. The molecule has 0 aliphatic heterocycles. The van der Waals surface area contributed by atoms with Gasteiger partial charge >= 0.3 is 0 Å². The van der Waals surface area contributed by atoms with Crippen molar-refractivity contribution in [1.29, 1.82) is 0 Å². The Morgan fingerprint density at radius 2 is 1.96 bits per heavy atom. The molecule has 0 fully saturated rings. The maximum absolute atomic E-state index is 6.45. The number of thioether (sulfide) groups is 2. The molecule has 0 saturated carbocycles. The number of nitrogens with zero attached hydrogens (tertiary/aromatic N) is 4. The molecular formula is C20H17ClN4S2. The molecule has 0 saturated heterocycles. The second-order valence-electron chi connectivity index (χ2n) is 6.06. The van der Waals surface area contributed by atoms with Crippen LogP contribution < -0.4 is 0 Å². The number of fused-ring (bicyclic) bond motifs is 1. The van der Waals surface area contributed by atoms with Crippen LogP contribution in [0.1, 0.15) is 11.1 Å². The molecule has 0 aliphatic carbocycles. The third kappa shape index (κ3) is 3.83. The lowest BCUT2D eigenvalue weighted by atomic mass is 10.2. The normalized spacial score (nSPS) is 11.2. The number of aromatic nitrogens is 4. The fourth-order valence-corrected chi connectivity index (χ4v) is 4.48. The smallest absolute Gasteiger partial charge is 0.195 e. The van der Waals surface area contributed by atoms with Gasteiger partial charge in [-0.05, 0) is 43.0 Å². The van der Waals surface area contributed by atoms with Crippen molar-refractivity contribution in [1.82, 2.24) is 19.7 Å². The lowest BCUT2D eigenvalue weighted by molar-refractivity contribution is 0.878. The van der Waals surface area contributed by atoms with Gasteiger partial charge in [0.1, 0.15) is 11.5 Å². The van der Waals surface area contributed by atoms with Crippen molar-refractivity contribution in [2.24, 2.45) is 0 Å². The van der Waals surface area contributed by atoms with E-state index in [2.05, 4.69) is 64.8 Å². The number of para-hydroxylation sites is 1. The van der Waals surface area contributed by atoms with Crippen molar-refractivity contribution < 1.29 is 0 Å². The first-order chi connectivity index (χ1) is 13.2. The van der Waals surface area contributed by atoms with E-state index in [-0.39, 0.29) is 0 Å². The van der Waals surface area contributed by atoms with Crippen molar-refractivity contribution in [3.05, 3.63) is 71.1 Å². The number of rotatable bonds is 5. The predicted molar refractivity (Wildman–Crippen MR) is 114 cm³/mol. The van der Waals surface area contributed by atoms with E-state index < -0.39 is 0 Å². The molecule has 7 heteroatoms. The number of benzene rings is 2. The first kappa shape index (κ1) is 18.3. The van der Waals surface area contributed by atoms with Gasteiger partial charge in [-0.3, -0.25) is 4.57 Å². The minimum Gasteiger partial charge on any atom is -0.276 e. The van der Waals surface area contributed by atoms with Crippen molar-refractivity contribution >= 4 is 46.0 Å². The quantitative estimate of drug-likeness (QED) is 0.306. The average Bonchev–Trinajstić information content (AvgIpc) is 3.14. The zero-order valence-electron chi connectivity index (χ0n) is 14.9. The van der Waals surface area contributed by atoms with Gasteiger partial charge in [0.2, 0.25) is 0 Å². The maximum atomic E-state index is 6.45. The van der Waals surface area contributed by atoms with Gasteiger partial charge < -0.3 is 0 Å². The monoisotopic (exact) mass is 412 g/mol. The number of hydrogen-bond acceptors (Lipinski definition) is 5. The SMILES string of the molecule is CSc1ccc2cc(CSc3nncn3-c3ccccc3C)c(Cl)nc2c1. The van der Waals surface area contributed by atoms with E-state index in [4.69, 9.17) is 11.6 Å². The molecule has 2 aromatic carbocycles. The molecule has 2 heterocycles. The summed E-state index contributed by atoms with van der Waals surface area (Å²) in [5.41, 5.74) is 4.17. The van der Waals surface area contributed by atoms with Crippen LogP contribution in [0.15, 0.2) is 64.9 Å². The molecule has 27 heavy (non-hydrogen) atoms. The Kier molecular flexibility index (Phi) is 5.38. The lowest BCUT2D eigenvalue weighted by Crippen LogP contribution is -1.98. The van der Waals surface area contributed by atoms with Gasteiger partial charge in [0, 0.05) is 21.6 Å². The van der Waals surface area contributed by atoms with Crippen LogP contribution in [0, 0.1) is 6.92 Å². The summed E-state index contributed by atoms with van der Waals surface area (Å²) in [5.74, 6) is 0.677. The Balaban J connectivity index is 1.61. The van der Waals surface area contributed by atoms with E-state index >= 15 is 0 Å². The average molecular weight is 413 g/mol. The van der Waals surface area contributed by atoms with Crippen LogP contribution in [0.5, 0.6) is 0 Å². The standard InChI is InChI=1S/C20H17ClN4S2/c1-13-5-3-4-6-18(13)25-12-22-24-20(25)27-11-15-9-14-7-8-16(26-2)10-17(14)23-19(15)21/h3-10,12H,11H2,1-2H3. The van der Waals surface area contributed by atoms with Gasteiger partial charge in [-0.25, -0.2) is 4.98 Å². The van der Waals surface area contributed by atoms with Gasteiger partial charge in [0.25, 0.3) is 0 Å². The fraction of sp³-hybridized carbons (Fsp3) is 0.150. The highest BCUT2D eigenvalue weighted by Crippen LogP contribution is 2.30. The molecule has 0 N–H and O–H groups in total. The molecule has 0 radical (unpaired) electrons. The van der Waals surface area contributed by atoms with Crippen molar-refractivity contribution in [2.45, 2.75) is 22.7 Å². The molecule has 0 aliphatic rings. The molecule has 4 rings (SSSR count). The molecule has 2 aromatic heterocycles. The van der Waals surface area contributed by atoms with Gasteiger partial charge in [0.05, 0.1) is 11.2 Å². The fourth-order valence-electron chi connectivity index (χ4n) is 2.86. The zero-order valence-corrected chi connectivity index (χ0v) is 17.3. The number of pyridine rings is 1. The van der Waals surface area contributed by atoms with Crippen LogP contribution in [0.4, 0.5) is 0 Å². The van der Waals surface area contributed by atoms with Gasteiger partial charge in [-0.15, -0.1) is 22.0 Å². The molecule has 0 unspecified atom stereocenters. The van der Waals surface area contributed by atoms with Gasteiger partial charge in [-0.2, -0.15) is 0 Å². The summed E-state index contributed by atoms with van der Waals surface area (Å²) in [6, 6.07) is 16.6. The number of aryl methyl sites for hydroxylation is 1. The largest absolute Gasteiger partial charge is 0.276 e. The highest BCUT2D eigenvalue weighted by atomic mass is 35.5. The lowest BCUT2D eigenvalue weighted by Gasteiger charge is -2.10. The molecule has 136 valence electrons. The summed E-state index contributed by atoms with van der Waals surface area (Å²) in [6.45, 7) is 2.08. The molecule has 0 spiro atoms. The zero-order chi connectivity index (χ0) is 18.8. The third-order valence-electron chi connectivity index (χ3n) is 4.30.